The second-order valence-corrected chi connectivity index (χ2v) is 5.53. The van der Waals surface area contributed by atoms with E-state index in [-0.39, 0.29) is 17.2 Å². The van der Waals surface area contributed by atoms with Crippen LogP contribution in [-0.4, -0.2) is 11.8 Å². The van der Waals surface area contributed by atoms with Gasteiger partial charge in [-0.15, -0.1) is 0 Å². The molecule has 1 heterocycles. The molecule has 3 rings (SSSR count). The number of hydrogen-bond acceptors (Lipinski definition) is 2. The lowest BCUT2D eigenvalue weighted by Crippen LogP contribution is -2.36. The summed E-state index contributed by atoms with van der Waals surface area (Å²) in [5.41, 5.74) is -0.303. The fraction of sp³-hybridized carbons (Fsp3) is 0.833. The predicted molar refractivity (Wildman–Crippen MR) is 54.9 cm³/mol. The Balaban J connectivity index is 1.79. The summed E-state index contributed by atoms with van der Waals surface area (Å²) >= 11 is 0. The molecule has 0 aromatic carbocycles. The second-order valence-electron chi connectivity index (χ2n) is 5.53. The van der Waals surface area contributed by atoms with E-state index in [4.69, 9.17) is 0 Å². The maximum Gasteiger partial charge on any atom is 0.233 e. The van der Waals surface area contributed by atoms with Crippen molar-refractivity contribution in [2.24, 2.45) is 17.3 Å². The molecule has 3 nitrogen and oxygen atoms in total. The van der Waals surface area contributed by atoms with E-state index in [0.29, 0.717) is 6.42 Å². The quantitative estimate of drug-likeness (QED) is 0.664. The van der Waals surface area contributed by atoms with E-state index in [1.165, 1.54) is 19.3 Å². The van der Waals surface area contributed by atoms with Crippen molar-refractivity contribution >= 4 is 11.8 Å². The summed E-state index contributed by atoms with van der Waals surface area (Å²) in [6, 6.07) is 0. The van der Waals surface area contributed by atoms with Crippen LogP contribution in [0.3, 0.4) is 0 Å². The van der Waals surface area contributed by atoms with Gasteiger partial charge in [-0.05, 0) is 37.5 Å². The molecule has 0 radical (unpaired) electrons. The highest BCUT2D eigenvalue weighted by molar-refractivity contribution is 6.05. The predicted octanol–water partition coefficient (Wildman–Crippen LogP) is 1.62. The third-order valence-corrected chi connectivity index (χ3v) is 4.41. The summed E-state index contributed by atoms with van der Waals surface area (Å²) < 4.78 is 0. The Morgan fingerprint density at radius 2 is 1.93 bits per heavy atom. The van der Waals surface area contributed by atoms with Gasteiger partial charge in [-0.1, -0.05) is 12.8 Å². The molecule has 1 aliphatic heterocycles. The smallest absolute Gasteiger partial charge is 0.233 e. The first-order valence-corrected chi connectivity index (χ1v) is 6.04. The number of imide groups is 1. The van der Waals surface area contributed by atoms with Gasteiger partial charge < -0.3 is 0 Å². The van der Waals surface area contributed by atoms with Gasteiger partial charge >= 0.3 is 0 Å². The summed E-state index contributed by atoms with van der Waals surface area (Å²) in [7, 11) is 0. The number of rotatable bonds is 1. The van der Waals surface area contributed by atoms with Crippen molar-refractivity contribution in [2.45, 2.75) is 44.9 Å². The molecule has 2 atom stereocenters. The van der Waals surface area contributed by atoms with Gasteiger partial charge in [0.15, 0.2) is 0 Å². The number of nitrogens with one attached hydrogen (secondary N) is 1. The van der Waals surface area contributed by atoms with Crippen molar-refractivity contribution < 1.29 is 9.59 Å². The summed E-state index contributed by atoms with van der Waals surface area (Å²) in [6.07, 6.45) is 7.43. The first kappa shape index (κ1) is 9.37. The van der Waals surface area contributed by atoms with Crippen LogP contribution in [0, 0.1) is 17.3 Å². The van der Waals surface area contributed by atoms with Crippen molar-refractivity contribution in [3.63, 3.8) is 0 Å². The normalized spacial score (nSPS) is 40.9. The van der Waals surface area contributed by atoms with Crippen LogP contribution in [0.25, 0.3) is 0 Å². The van der Waals surface area contributed by atoms with Crippen molar-refractivity contribution in [2.75, 3.05) is 0 Å². The summed E-state index contributed by atoms with van der Waals surface area (Å²) in [5.74, 6) is 1.54. The molecule has 2 unspecified atom stereocenters. The summed E-state index contributed by atoms with van der Waals surface area (Å²) in [5, 5.41) is 2.48. The van der Waals surface area contributed by atoms with Gasteiger partial charge in [0.2, 0.25) is 11.8 Å². The number of carbonyl (C=O) groups excluding carboxylic acids is 2. The minimum absolute atomic E-state index is 0.0119. The first-order chi connectivity index (χ1) is 7.20. The zero-order valence-electron chi connectivity index (χ0n) is 8.92. The summed E-state index contributed by atoms with van der Waals surface area (Å²) in [6.45, 7) is 0. The van der Waals surface area contributed by atoms with Crippen LogP contribution in [0.5, 0.6) is 0 Å². The molecule has 2 aliphatic carbocycles. The molecule has 82 valence electrons. The van der Waals surface area contributed by atoms with Crippen molar-refractivity contribution in [3.8, 4) is 0 Å². The molecule has 2 saturated carbocycles. The third-order valence-electron chi connectivity index (χ3n) is 4.41. The van der Waals surface area contributed by atoms with Crippen LogP contribution in [-0.2, 0) is 9.59 Å². The van der Waals surface area contributed by atoms with Crippen LogP contribution in [0.2, 0.25) is 0 Å². The lowest BCUT2D eigenvalue weighted by molar-refractivity contribution is -0.130. The Hall–Kier alpha value is -0.860. The van der Waals surface area contributed by atoms with Crippen molar-refractivity contribution in [1.82, 2.24) is 5.32 Å². The van der Waals surface area contributed by atoms with Gasteiger partial charge in [0.05, 0.1) is 5.41 Å². The molecule has 1 spiro atoms. The highest BCUT2D eigenvalue weighted by Crippen LogP contribution is 2.51. The largest absolute Gasteiger partial charge is 0.296 e. The van der Waals surface area contributed by atoms with E-state index in [1.54, 1.807) is 0 Å². The maximum atomic E-state index is 11.8. The van der Waals surface area contributed by atoms with Gasteiger partial charge in [-0.25, -0.2) is 0 Å². The molecule has 0 aromatic rings. The van der Waals surface area contributed by atoms with Gasteiger partial charge in [0.1, 0.15) is 0 Å². The topological polar surface area (TPSA) is 46.2 Å². The molecule has 3 fully saturated rings. The number of carbonyl (C=O) groups is 2. The fourth-order valence-corrected chi connectivity index (χ4v) is 3.44. The van der Waals surface area contributed by atoms with Gasteiger partial charge in [-0.3, -0.25) is 14.9 Å². The van der Waals surface area contributed by atoms with Gasteiger partial charge in [0, 0.05) is 6.42 Å². The van der Waals surface area contributed by atoms with Crippen LogP contribution >= 0.6 is 0 Å². The highest BCUT2D eigenvalue weighted by atomic mass is 16.2. The minimum atomic E-state index is -0.303. The minimum Gasteiger partial charge on any atom is -0.296 e. The molecular weight excluding hydrogens is 190 g/mol. The lowest BCUT2D eigenvalue weighted by atomic mass is 9.67. The lowest BCUT2D eigenvalue weighted by Gasteiger charge is -2.35. The van der Waals surface area contributed by atoms with E-state index < -0.39 is 0 Å². The zero-order chi connectivity index (χ0) is 10.5. The average Bonchev–Trinajstić information content (AvgIpc) is 2.97. The highest BCUT2D eigenvalue weighted by Gasteiger charge is 2.51. The number of hydrogen-bond donors (Lipinski definition) is 1. The maximum absolute atomic E-state index is 11.8. The van der Waals surface area contributed by atoms with E-state index in [0.717, 1.165) is 31.1 Å². The monoisotopic (exact) mass is 207 g/mol. The Kier molecular flexibility index (Phi) is 1.91. The second kappa shape index (κ2) is 3.06. The van der Waals surface area contributed by atoms with Crippen LogP contribution in [0.15, 0.2) is 0 Å². The zero-order valence-corrected chi connectivity index (χ0v) is 8.92. The molecular formula is C12H17NO2. The van der Waals surface area contributed by atoms with E-state index in [1.807, 2.05) is 0 Å². The molecule has 2 amide bonds. The van der Waals surface area contributed by atoms with Crippen LogP contribution in [0.4, 0.5) is 0 Å². The van der Waals surface area contributed by atoms with E-state index in [2.05, 4.69) is 5.32 Å². The molecule has 3 aliphatic rings. The Bertz CT molecular complexity index is 322. The molecule has 0 aromatic heterocycles. The Labute approximate surface area is 89.6 Å². The molecule has 15 heavy (non-hydrogen) atoms. The van der Waals surface area contributed by atoms with Crippen LogP contribution < -0.4 is 5.32 Å². The van der Waals surface area contributed by atoms with E-state index in [9.17, 15) is 9.59 Å². The first-order valence-electron chi connectivity index (χ1n) is 6.04. The molecule has 0 bridgehead atoms. The van der Waals surface area contributed by atoms with Crippen molar-refractivity contribution in [1.29, 1.82) is 0 Å². The third kappa shape index (κ3) is 1.48. The van der Waals surface area contributed by atoms with E-state index >= 15 is 0 Å². The fourth-order valence-electron chi connectivity index (χ4n) is 3.44. The standard InChI is InChI=1S/C12H17NO2/c14-10-7-12(11(15)13-10)5-1-2-9(6-12)8-3-4-8/h8-9H,1-7H2,(H,13,14,15). The SMILES string of the molecule is O=C1CC2(CCCC(C3CC3)C2)C(=O)N1. The van der Waals surface area contributed by atoms with Gasteiger partial charge in [-0.2, -0.15) is 0 Å². The van der Waals surface area contributed by atoms with Crippen molar-refractivity contribution in [3.05, 3.63) is 0 Å². The Morgan fingerprint density at radius 3 is 2.53 bits per heavy atom. The summed E-state index contributed by atoms with van der Waals surface area (Å²) in [4.78, 5) is 23.1. The average molecular weight is 207 g/mol. The molecule has 1 N–H and O–H groups in total. The Morgan fingerprint density at radius 1 is 1.13 bits per heavy atom. The molecule has 1 saturated heterocycles. The molecule has 3 heteroatoms. The van der Waals surface area contributed by atoms with Gasteiger partial charge in [0.25, 0.3) is 0 Å². The number of amides is 2. The van der Waals surface area contributed by atoms with Crippen LogP contribution in [0.1, 0.15) is 44.9 Å².